The lowest BCUT2D eigenvalue weighted by Gasteiger charge is -2.26. The van der Waals surface area contributed by atoms with Crippen molar-refractivity contribution in [2.45, 2.75) is 50.7 Å². The summed E-state index contributed by atoms with van der Waals surface area (Å²) in [6.45, 7) is 2.30. The van der Waals surface area contributed by atoms with Crippen LogP contribution in [0.5, 0.6) is 0 Å². The average Bonchev–Trinajstić information content (AvgIpc) is 2.78. The normalized spacial score (nSPS) is 26.8. The molecule has 1 aliphatic carbocycles. The summed E-state index contributed by atoms with van der Waals surface area (Å²) in [5.74, 6) is 3.15. The lowest BCUT2D eigenvalue weighted by molar-refractivity contribution is 0.314. The van der Waals surface area contributed by atoms with Gasteiger partial charge in [0.2, 0.25) is 0 Å². The first-order valence-corrected chi connectivity index (χ1v) is 7.17. The highest BCUT2D eigenvalue weighted by atomic mass is 32.1. The molecule has 1 fully saturated rings. The van der Waals surface area contributed by atoms with Crippen molar-refractivity contribution in [1.29, 1.82) is 0 Å². The van der Waals surface area contributed by atoms with Gasteiger partial charge in [0, 0.05) is 5.92 Å². The summed E-state index contributed by atoms with van der Waals surface area (Å²) in [7, 11) is 0. The van der Waals surface area contributed by atoms with Gasteiger partial charge < -0.3 is 0 Å². The maximum atomic E-state index is 4.55. The van der Waals surface area contributed by atoms with E-state index in [1.165, 1.54) is 37.1 Å². The molecular formula is C11H18N2S2. The minimum absolute atomic E-state index is 0.667. The van der Waals surface area contributed by atoms with E-state index in [1.54, 1.807) is 11.5 Å². The molecule has 0 spiro atoms. The minimum Gasteiger partial charge on any atom is -0.223 e. The Morgan fingerprint density at radius 1 is 1.47 bits per heavy atom. The molecule has 15 heavy (non-hydrogen) atoms. The second-order valence-electron chi connectivity index (χ2n) is 4.34. The summed E-state index contributed by atoms with van der Waals surface area (Å²) in [6, 6.07) is 0. The van der Waals surface area contributed by atoms with Crippen LogP contribution >= 0.6 is 24.2 Å². The Kier molecular flexibility index (Phi) is 4.03. The van der Waals surface area contributed by atoms with E-state index in [-0.39, 0.29) is 0 Å². The highest BCUT2D eigenvalue weighted by molar-refractivity contribution is 7.79. The number of aromatic nitrogens is 2. The Morgan fingerprint density at radius 3 is 3.00 bits per heavy atom. The maximum absolute atomic E-state index is 4.55. The molecule has 0 aliphatic heterocycles. The first-order valence-electron chi connectivity index (χ1n) is 5.76. The maximum Gasteiger partial charge on any atom is 0.152 e. The van der Waals surface area contributed by atoms with Crippen LogP contribution in [0.15, 0.2) is 0 Å². The highest BCUT2D eigenvalue weighted by Gasteiger charge is 2.24. The average molecular weight is 242 g/mol. The van der Waals surface area contributed by atoms with Gasteiger partial charge in [-0.05, 0) is 30.3 Å². The van der Waals surface area contributed by atoms with Crippen molar-refractivity contribution >= 4 is 24.2 Å². The van der Waals surface area contributed by atoms with Crippen molar-refractivity contribution in [2.75, 3.05) is 0 Å². The molecule has 1 saturated carbocycles. The second-order valence-corrected chi connectivity index (χ2v) is 5.44. The fourth-order valence-electron chi connectivity index (χ4n) is 2.38. The molecule has 1 heterocycles. The van der Waals surface area contributed by atoms with Crippen LogP contribution in [-0.4, -0.2) is 9.36 Å². The highest BCUT2D eigenvalue weighted by Crippen LogP contribution is 2.37. The van der Waals surface area contributed by atoms with Gasteiger partial charge in [-0.1, -0.05) is 26.2 Å². The summed E-state index contributed by atoms with van der Waals surface area (Å²) < 4.78 is 4.31. The van der Waals surface area contributed by atoms with Crippen LogP contribution in [0.4, 0.5) is 0 Å². The summed E-state index contributed by atoms with van der Waals surface area (Å²) >= 11 is 5.79. The van der Waals surface area contributed by atoms with Crippen molar-refractivity contribution in [3.05, 3.63) is 10.8 Å². The minimum atomic E-state index is 0.667. The summed E-state index contributed by atoms with van der Waals surface area (Å²) in [4.78, 5) is 4.55. The molecular weight excluding hydrogens is 224 g/mol. The Hall–Kier alpha value is -0.0900. The predicted octanol–water partition coefficient (Wildman–Crippen LogP) is 3.65. The molecule has 2 rings (SSSR count). The molecule has 0 amide bonds. The van der Waals surface area contributed by atoms with Crippen LogP contribution in [0.2, 0.25) is 0 Å². The van der Waals surface area contributed by atoms with E-state index in [9.17, 15) is 0 Å². The summed E-state index contributed by atoms with van der Waals surface area (Å²) in [5, 5.41) is 1.25. The number of hydrogen-bond donors (Lipinski definition) is 1. The zero-order chi connectivity index (χ0) is 10.7. The van der Waals surface area contributed by atoms with Crippen molar-refractivity contribution in [1.82, 2.24) is 9.36 Å². The second kappa shape index (κ2) is 5.30. The number of nitrogens with zero attached hydrogens (tertiary/aromatic N) is 2. The number of rotatable bonds is 3. The predicted molar refractivity (Wildman–Crippen MR) is 67.6 cm³/mol. The lowest BCUT2D eigenvalue weighted by Crippen LogP contribution is -2.13. The molecule has 2 atom stereocenters. The van der Waals surface area contributed by atoms with Crippen LogP contribution in [0.1, 0.15) is 55.8 Å². The Bertz CT molecular complexity index is 311. The van der Waals surface area contributed by atoms with Crippen molar-refractivity contribution in [3.8, 4) is 0 Å². The topological polar surface area (TPSA) is 25.8 Å². The van der Waals surface area contributed by atoms with E-state index in [2.05, 4.69) is 28.9 Å². The molecule has 0 aromatic carbocycles. The van der Waals surface area contributed by atoms with E-state index in [0.29, 0.717) is 11.7 Å². The first kappa shape index (κ1) is 11.4. The number of thiol groups is 1. The van der Waals surface area contributed by atoms with Crippen LogP contribution in [0.25, 0.3) is 0 Å². The third-order valence-corrected chi connectivity index (χ3v) is 4.53. The molecule has 1 aromatic rings. The van der Waals surface area contributed by atoms with E-state index < -0.39 is 0 Å². The van der Waals surface area contributed by atoms with Gasteiger partial charge in [-0.25, -0.2) is 4.98 Å². The van der Waals surface area contributed by atoms with Gasteiger partial charge in [0.25, 0.3) is 0 Å². The van der Waals surface area contributed by atoms with Gasteiger partial charge in [0.05, 0.1) is 5.75 Å². The quantitative estimate of drug-likeness (QED) is 0.819. The summed E-state index contributed by atoms with van der Waals surface area (Å²) in [6.07, 6.45) is 6.70. The zero-order valence-corrected chi connectivity index (χ0v) is 10.9. The molecule has 1 aromatic heterocycles. The molecule has 2 nitrogen and oxygen atoms in total. The Morgan fingerprint density at radius 2 is 2.33 bits per heavy atom. The van der Waals surface area contributed by atoms with E-state index in [4.69, 9.17) is 0 Å². The third-order valence-electron chi connectivity index (χ3n) is 3.33. The first-order chi connectivity index (χ1) is 7.33. The fourth-order valence-corrected chi connectivity index (χ4v) is 3.43. The van der Waals surface area contributed by atoms with Gasteiger partial charge in [-0.2, -0.15) is 17.0 Å². The fraction of sp³-hybridized carbons (Fsp3) is 0.818. The zero-order valence-electron chi connectivity index (χ0n) is 9.15. The van der Waals surface area contributed by atoms with Gasteiger partial charge in [0.1, 0.15) is 5.01 Å². The van der Waals surface area contributed by atoms with Crippen LogP contribution in [-0.2, 0) is 5.75 Å². The Labute approximate surface area is 101 Å². The van der Waals surface area contributed by atoms with E-state index >= 15 is 0 Å². The lowest BCUT2D eigenvalue weighted by atomic mass is 9.80. The summed E-state index contributed by atoms with van der Waals surface area (Å²) in [5.41, 5.74) is 0. The Balaban J connectivity index is 2.03. The van der Waals surface area contributed by atoms with Crippen LogP contribution in [0, 0.1) is 5.92 Å². The molecule has 0 saturated heterocycles. The van der Waals surface area contributed by atoms with Gasteiger partial charge >= 0.3 is 0 Å². The molecule has 0 radical (unpaired) electrons. The molecule has 84 valence electrons. The monoisotopic (exact) mass is 242 g/mol. The van der Waals surface area contributed by atoms with Crippen molar-refractivity contribution in [3.63, 3.8) is 0 Å². The molecule has 1 aliphatic rings. The van der Waals surface area contributed by atoms with Crippen LogP contribution in [0.3, 0.4) is 0 Å². The standard InChI is InChI=1S/C11H18N2S2/c1-2-8-4-3-5-9(6-8)11-12-10(7-14)13-15-11/h8-9,14H,2-7H2,1H3. The van der Waals surface area contributed by atoms with E-state index in [1.807, 2.05) is 0 Å². The van der Waals surface area contributed by atoms with Gasteiger partial charge in [-0.15, -0.1) is 0 Å². The smallest absolute Gasteiger partial charge is 0.152 e. The molecule has 0 N–H and O–H groups in total. The van der Waals surface area contributed by atoms with Gasteiger partial charge in [-0.3, -0.25) is 0 Å². The SMILES string of the molecule is CCC1CCCC(c2nc(CS)ns2)C1. The molecule has 4 heteroatoms. The molecule has 2 unspecified atom stereocenters. The van der Waals surface area contributed by atoms with E-state index in [0.717, 1.165) is 11.7 Å². The van der Waals surface area contributed by atoms with Crippen molar-refractivity contribution < 1.29 is 0 Å². The van der Waals surface area contributed by atoms with Gasteiger partial charge in [0.15, 0.2) is 5.82 Å². The third kappa shape index (κ3) is 2.72. The number of hydrogen-bond acceptors (Lipinski definition) is 4. The largest absolute Gasteiger partial charge is 0.223 e. The van der Waals surface area contributed by atoms with Crippen LogP contribution < -0.4 is 0 Å². The van der Waals surface area contributed by atoms with Crippen molar-refractivity contribution in [2.24, 2.45) is 5.92 Å². The molecule has 0 bridgehead atoms.